The Kier molecular flexibility index (Phi) is 2.28. The van der Waals surface area contributed by atoms with E-state index < -0.39 is 5.54 Å². The molecule has 0 bridgehead atoms. The van der Waals surface area contributed by atoms with Gasteiger partial charge in [-0.15, -0.1) is 0 Å². The Labute approximate surface area is 98.1 Å². The van der Waals surface area contributed by atoms with E-state index in [1.807, 2.05) is 26.8 Å². The van der Waals surface area contributed by atoms with Gasteiger partial charge in [0.25, 0.3) is 5.56 Å². The van der Waals surface area contributed by atoms with Crippen molar-refractivity contribution in [3.05, 3.63) is 22.4 Å². The highest BCUT2D eigenvalue weighted by Crippen LogP contribution is 2.14. The molecule has 0 N–H and O–H groups in total. The van der Waals surface area contributed by atoms with E-state index >= 15 is 0 Å². The summed E-state index contributed by atoms with van der Waals surface area (Å²) in [6.07, 6.45) is 1.52. The van der Waals surface area contributed by atoms with Crippen molar-refractivity contribution in [2.45, 2.75) is 26.3 Å². The number of fused-ring (bicyclic) bond motifs is 1. The van der Waals surface area contributed by atoms with Crippen LogP contribution in [-0.2, 0) is 12.6 Å². The van der Waals surface area contributed by atoms with Gasteiger partial charge in [0, 0.05) is 7.05 Å². The summed E-state index contributed by atoms with van der Waals surface area (Å²) in [6.45, 7) is 5.60. The Balaban J connectivity index is 3.00. The average molecular weight is 231 g/mol. The number of nitriles is 1. The topological polar surface area (TPSA) is 76.5 Å². The van der Waals surface area contributed by atoms with Gasteiger partial charge in [0.2, 0.25) is 0 Å². The first-order valence-corrected chi connectivity index (χ1v) is 5.21. The van der Waals surface area contributed by atoms with Crippen molar-refractivity contribution in [1.29, 1.82) is 5.26 Å². The van der Waals surface area contributed by atoms with Crippen LogP contribution in [0.3, 0.4) is 0 Å². The summed E-state index contributed by atoms with van der Waals surface area (Å²) in [4.78, 5) is 16.3. The molecule has 0 aliphatic heterocycles. The summed E-state index contributed by atoms with van der Waals surface area (Å²) < 4.78 is 2.94. The van der Waals surface area contributed by atoms with Gasteiger partial charge in [0.1, 0.15) is 17.1 Å². The van der Waals surface area contributed by atoms with E-state index in [1.165, 1.54) is 11.0 Å². The van der Waals surface area contributed by atoms with Crippen LogP contribution in [0, 0.1) is 11.3 Å². The summed E-state index contributed by atoms with van der Waals surface area (Å²) in [6, 6.07) is 1.98. The zero-order valence-corrected chi connectivity index (χ0v) is 10.2. The molecule has 0 saturated carbocycles. The van der Waals surface area contributed by atoms with Gasteiger partial charge in [-0.05, 0) is 20.8 Å². The average Bonchev–Trinajstić information content (AvgIpc) is 2.60. The molecule has 2 heterocycles. The molecule has 2 aromatic heterocycles. The third-order valence-corrected chi connectivity index (χ3v) is 2.50. The van der Waals surface area contributed by atoms with Gasteiger partial charge in [-0.25, -0.2) is 9.67 Å². The molecule has 0 radical (unpaired) electrons. The lowest BCUT2D eigenvalue weighted by atomic mass is 10.1. The van der Waals surface area contributed by atoms with Crippen LogP contribution in [0.1, 0.15) is 26.5 Å². The van der Waals surface area contributed by atoms with Gasteiger partial charge < -0.3 is 4.57 Å². The molecule has 2 aromatic rings. The number of rotatable bonds is 0. The predicted octanol–water partition coefficient (Wildman–Crippen LogP) is 0.757. The lowest BCUT2D eigenvalue weighted by Gasteiger charge is -2.20. The number of hydrogen-bond acceptors (Lipinski definition) is 4. The van der Waals surface area contributed by atoms with E-state index in [1.54, 1.807) is 11.6 Å². The number of aromatic nitrogens is 4. The third-order valence-electron chi connectivity index (χ3n) is 2.50. The standard InChI is InChI=1S/C11H13N5O/c1-11(2,3)16-10(17)9-8(7(5-12)14-16)13-6-15(9)4/h6H,1-4H3. The van der Waals surface area contributed by atoms with Crippen LogP contribution in [0.25, 0.3) is 11.0 Å². The zero-order chi connectivity index (χ0) is 12.8. The number of hydrogen-bond donors (Lipinski definition) is 0. The normalized spacial score (nSPS) is 11.7. The Morgan fingerprint density at radius 1 is 1.41 bits per heavy atom. The lowest BCUT2D eigenvalue weighted by molar-refractivity contribution is 0.339. The summed E-state index contributed by atoms with van der Waals surface area (Å²) in [5.41, 5.74) is 0.245. The van der Waals surface area contributed by atoms with Crippen LogP contribution in [-0.4, -0.2) is 19.3 Å². The molecule has 17 heavy (non-hydrogen) atoms. The van der Waals surface area contributed by atoms with Gasteiger partial charge in [0.05, 0.1) is 11.9 Å². The second-order valence-corrected chi connectivity index (χ2v) is 4.90. The Hall–Kier alpha value is -2.16. The zero-order valence-electron chi connectivity index (χ0n) is 10.2. The van der Waals surface area contributed by atoms with E-state index in [4.69, 9.17) is 5.26 Å². The second kappa shape index (κ2) is 3.42. The quantitative estimate of drug-likeness (QED) is 0.670. The lowest BCUT2D eigenvalue weighted by Crippen LogP contribution is -2.37. The molecule has 6 nitrogen and oxygen atoms in total. The van der Waals surface area contributed by atoms with Crippen LogP contribution in [0.5, 0.6) is 0 Å². The van der Waals surface area contributed by atoms with Crippen LogP contribution >= 0.6 is 0 Å². The van der Waals surface area contributed by atoms with Crippen molar-refractivity contribution in [1.82, 2.24) is 19.3 Å². The first kappa shape index (κ1) is 11.3. The van der Waals surface area contributed by atoms with E-state index in [9.17, 15) is 4.79 Å². The molecule has 2 rings (SSSR count). The summed E-state index contributed by atoms with van der Waals surface area (Å²) in [5, 5.41) is 13.1. The van der Waals surface area contributed by atoms with Gasteiger partial charge in [0.15, 0.2) is 5.69 Å². The van der Waals surface area contributed by atoms with Crippen molar-refractivity contribution in [3.63, 3.8) is 0 Å². The maximum absolute atomic E-state index is 12.3. The number of aryl methyl sites for hydroxylation is 1. The summed E-state index contributed by atoms with van der Waals surface area (Å²) in [7, 11) is 1.73. The molecule has 0 amide bonds. The molecule has 0 aromatic carbocycles. The molecule has 0 atom stereocenters. The Morgan fingerprint density at radius 3 is 2.59 bits per heavy atom. The van der Waals surface area contributed by atoms with Gasteiger partial charge in [-0.3, -0.25) is 4.79 Å². The smallest absolute Gasteiger partial charge is 0.293 e. The highest BCUT2D eigenvalue weighted by atomic mass is 16.1. The van der Waals surface area contributed by atoms with Crippen LogP contribution in [0.4, 0.5) is 0 Å². The predicted molar refractivity (Wildman–Crippen MR) is 62.5 cm³/mol. The fraction of sp³-hybridized carbons (Fsp3) is 0.455. The van der Waals surface area contributed by atoms with Crippen molar-refractivity contribution >= 4 is 11.0 Å². The van der Waals surface area contributed by atoms with Crippen molar-refractivity contribution in [3.8, 4) is 6.07 Å². The molecule has 6 heteroatoms. The molecule has 0 saturated heterocycles. The molecule has 88 valence electrons. The largest absolute Gasteiger partial charge is 0.329 e. The third kappa shape index (κ3) is 1.60. The highest BCUT2D eigenvalue weighted by Gasteiger charge is 2.22. The second-order valence-electron chi connectivity index (χ2n) is 4.90. The minimum atomic E-state index is -0.471. The molecule has 0 aliphatic carbocycles. The SMILES string of the molecule is Cn1cnc2c(C#N)nn(C(C)(C)C)c(=O)c21. The van der Waals surface area contributed by atoms with Crippen LogP contribution in [0.2, 0.25) is 0 Å². The minimum Gasteiger partial charge on any atom is -0.329 e. The van der Waals surface area contributed by atoms with Crippen LogP contribution in [0.15, 0.2) is 11.1 Å². The number of imidazole rings is 1. The van der Waals surface area contributed by atoms with Gasteiger partial charge in [-0.2, -0.15) is 10.4 Å². The summed E-state index contributed by atoms with van der Waals surface area (Å²) >= 11 is 0. The van der Waals surface area contributed by atoms with E-state index in [0.717, 1.165) is 0 Å². The summed E-state index contributed by atoms with van der Waals surface area (Å²) in [5.74, 6) is 0. The van der Waals surface area contributed by atoms with Crippen molar-refractivity contribution in [2.24, 2.45) is 7.05 Å². The first-order chi connectivity index (χ1) is 7.86. The minimum absolute atomic E-state index is 0.176. The maximum atomic E-state index is 12.3. The maximum Gasteiger partial charge on any atom is 0.293 e. The highest BCUT2D eigenvalue weighted by molar-refractivity contribution is 5.78. The first-order valence-electron chi connectivity index (χ1n) is 5.21. The Morgan fingerprint density at radius 2 is 2.06 bits per heavy atom. The molecular weight excluding hydrogens is 218 g/mol. The fourth-order valence-electron chi connectivity index (χ4n) is 1.68. The molecule has 0 fully saturated rings. The van der Waals surface area contributed by atoms with Gasteiger partial charge in [-0.1, -0.05) is 0 Å². The van der Waals surface area contributed by atoms with E-state index in [-0.39, 0.29) is 11.3 Å². The van der Waals surface area contributed by atoms with Crippen molar-refractivity contribution < 1.29 is 0 Å². The molecular formula is C11H13N5O. The van der Waals surface area contributed by atoms with Crippen molar-refractivity contribution in [2.75, 3.05) is 0 Å². The molecule has 0 unspecified atom stereocenters. The fourth-order valence-corrected chi connectivity index (χ4v) is 1.68. The van der Waals surface area contributed by atoms with Gasteiger partial charge >= 0.3 is 0 Å². The van der Waals surface area contributed by atoms with E-state index in [0.29, 0.717) is 11.0 Å². The molecule has 0 spiro atoms. The number of nitrogens with zero attached hydrogens (tertiary/aromatic N) is 5. The van der Waals surface area contributed by atoms with E-state index in [2.05, 4.69) is 10.1 Å². The molecule has 0 aliphatic rings. The Bertz CT molecular complexity index is 681. The monoisotopic (exact) mass is 231 g/mol. The van der Waals surface area contributed by atoms with Crippen LogP contribution < -0.4 is 5.56 Å².